The molecule has 0 aliphatic heterocycles. The molecule has 16 heavy (non-hydrogen) atoms. The van der Waals surface area contributed by atoms with E-state index in [1.807, 2.05) is 0 Å². The van der Waals surface area contributed by atoms with E-state index in [0.717, 1.165) is 12.8 Å². The molecule has 0 heterocycles. The van der Waals surface area contributed by atoms with Gasteiger partial charge in [-0.3, -0.25) is 0 Å². The molecule has 0 aromatic heterocycles. The molecule has 0 aromatic carbocycles. The Balaban J connectivity index is 0.00000128. The molecular formula is C10H17O2PS2Zn. The summed E-state index contributed by atoms with van der Waals surface area (Å²) < 4.78 is 5.61. The minimum Gasteiger partial charge on any atom is -0.819 e. The molecule has 2 fully saturated rings. The van der Waals surface area contributed by atoms with Crippen LogP contribution >= 0.6 is 5.69 Å². The van der Waals surface area contributed by atoms with Gasteiger partial charge in [0.15, 0.2) is 0 Å². The van der Waals surface area contributed by atoms with Crippen LogP contribution in [0, 0.1) is 17.3 Å². The predicted molar refractivity (Wildman–Crippen MR) is 65.8 cm³/mol. The van der Waals surface area contributed by atoms with E-state index in [0.29, 0.717) is 11.8 Å². The Kier molecular flexibility index (Phi) is 4.46. The van der Waals surface area contributed by atoms with Crippen LogP contribution in [-0.4, -0.2) is 5.60 Å². The van der Waals surface area contributed by atoms with E-state index >= 15 is 0 Å². The smallest absolute Gasteiger partial charge is 0.819 e. The van der Waals surface area contributed by atoms with Crippen molar-refractivity contribution in [2.45, 2.75) is 45.6 Å². The van der Waals surface area contributed by atoms with Crippen molar-refractivity contribution in [1.29, 1.82) is 0 Å². The van der Waals surface area contributed by atoms with Gasteiger partial charge in [0.05, 0.1) is 5.60 Å². The second kappa shape index (κ2) is 4.58. The molecule has 2 aliphatic carbocycles. The Morgan fingerprint density at radius 2 is 2.00 bits per heavy atom. The maximum Gasteiger partial charge on any atom is 2.00 e. The molecule has 2 saturated carbocycles. The summed E-state index contributed by atoms with van der Waals surface area (Å²) in [5.41, 5.74) is -3.37. The molecule has 0 aromatic rings. The quantitative estimate of drug-likeness (QED) is 0.442. The van der Waals surface area contributed by atoms with Gasteiger partial charge in [0.25, 0.3) is 0 Å². The summed E-state index contributed by atoms with van der Waals surface area (Å²) in [5.74, 6) is 1.12. The zero-order valence-electron chi connectivity index (χ0n) is 10.1. The number of hydrogen-bond donors (Lipinski definition) is 0. The first-order valence-corrected chi connectivity index (χ1v) is 9.07. The van der Waals surface area contributed by atoms with Crippen molar-refractivity contribution < 1.29 is 28.9 Å². The molecule has 4 unspecified atom stereocenters. The van der Waals surface area contributed by atoms with E-state index in [9.17, 15) is 4.89 Å². The van der Waals surface area contributed by atoms with E-state index in [1.165, 1.54) is 6.42 Å². The fourth-order valence-electron chi connectivity index (χ4n) is 3.41. The number of rotatable bonds is 2. The van der Waals surface area contributed by atoms with Gasteiger partial charge in [-0.05, 0) is 30.1 Å². The summed E-state index contributed by atoms with van der Waals surface area (Å²) in [4.78, 5) is 11.5. The third-order valence-electron chi connectivity index (χ3n) is 4.32. The molecule has 6 heteroatoms. The average molecular weight is 330 g/mol. The molecule has 0 amide bonds. The van der Waals surface area contributed by atoms with E-state index in [1.54, 1.807) is 0 Å². The summed E-state index contributed by atoms with van der Waals surface area (Å²) >= 11 is 9.51. The van der Waals surface area contributed by atoms with Crippen molar-refractivity contribution in [2.24, 2.45) is 17.3 Å². The SMILES string of the molecule is CC1CCC2C(C)(C)C2(OP([O-])(=S)[S-])C1.[Zn+2]. The van der Waals surface area contributed by atoms with Crippen LogP contribution in [0.2, 0.25) is 0 Å². The maximum absolute atomic E-state index is 11.5. The van der Waals surface area contributed by atoms with E-state index in [-0.39, 0.29) is 30.5 Å². The zero-order chi connectivity index (χ0) is 11.5. The van der Waals surface area contributed by atoms with Gasteiger partial charge >= 0.3 is 19.5 Å². The minimum absolute atomic E-state index is 0. The van der Waals surface area contributed by atoms with Crippen LogP contribution in [0.3, 0.4) is 0 Å². The van der Waals surface area contributed by atoms with Crippen LogP contribution < -0.4 is 4.89 Å². The van der Waals surface area contributed by atoms with Gasteiger partial charge in [-0.2, -0.15) is 0 Å². The summed E-state index contributed by atoms with van der Waals surface area (Å²) in [6, 6.07) is 0. The van der Waals surface area contributed by atoms with Crippen LogP contribution in [0.5, 0.6) is 0 Å². The second-order valence-electron chi connectivity index (χ2n) is 5.59. The molecule has 0 saturated heterocycles. The van der Waals surface area contributed by atoms with Gasteiger partial charge in [-0.25, -0.2) is 0 Å². The third-order valence-corrected chi connectivity index (χ3v) is 5.31. The van der Waals surface area contributed by atoms with Gasteiger partial charge < -0.3 is 21.7 Å². The molecule has 2 aliphatic rings. The number of fused-ring (bicyclic) bond motifs is 1. The Morgan fingerprint density at radius 3 is 2.50 bits per heavy atom. The van der Waals surface area contributed by atoms with Crippen LogP contribution in [-0.2, 0) is 48.1 Å². The molecule has 0 radical (unpaired) electrons. The van der Waals surface area contributed by atoms with Crippen molar-refractivity contribution in [3.63, 3.8) is 0 Å². The first kappa shape index (κ1) is 15.6. The molecular weight excluding hydrogens is 313 g/mol. The fraction of sp³-hybridized carbons (Fsp3) is 1.00. The first-order chi connectivity index (χ1) is 6.69. The first-order valence-electron chi connectivity index (χ1n) is 5.42. The summed E-state index contributed by atoms with van der Waals surface area (Å²) in [5, 5.41) is 0. The molecule has 4 atom stereocenters. The standard InChI is InChI=1S/C10H19O2PS2.Zn/c1-7-4-5-8-9(2,3)10(8,6-7)12-13(11,14)15;/h7-8H,4-6H2,1-3H3,(H2,11,14,15);/q;+2/p-2. The van der Waals surface area contributed by atoms with Gasteiger partial charge in [-0.1, -0.05) is 27.2 Å². The van der Waals surface area contributed by atoms with Crippen LogP contribution in [0.1, 0.15) is 40.0 Å². The van der Waals surface area contributed by atoms with Gasteiger partial charge in [0.2, 0.25) is 0 Å². The van der Waals surface area contributed by atoms with Crippen LogP contribution in [0.25, 0.3) is 0 Å². The summed E-state index contributed by atoms with van der Waals surface area (Å²) in [6.07, 6.45) is 3.35. The minimum atomic E-state index is -3.20. The Hall–Kier alpha value is 1.54. The van der Waals surface area contributed by atoms with Crippen LogP contribution in [0.4, 0.5) is 0 Å². The molecule has 0 N–H and O–H groups in total. The van der Waals surface area contributed by atoms with Crippen molar-refractivity contribution >= 4 is 29.7 Å². The molecule has 0 bridgehead atoms. The fourth-order valence-corrected chi connectivity index (χ4v) is 5.05. The Labute approximate surface area is 121 Å². The molecule has 2 nitrogen and oxygen atoms in total. The van der Waals surface area contributed by atoms with Crippen LogP contribution in [0.15, 0.2) is 0 Å². The normalized spacial score (nSPS) is 43.8. The van der Waals surface area contributed by atoms with E-state index < -0.39 is 5.69 Å². The molecule has 2 rings (SSSR count). The van der Waals surface area contributed by atoms with E-state index in [4.69, 9.17) is 28.6 Å². The summed E-state index contributed by atoms with van der Waals surface area (Å²) in [7, 11) is 0. The zero-order valence-corrected chi connectivity index (χ0v) is 15.6. The third kappa shape index (κ3) is 2.46. The number of hydrogen-bond acceptors (Lipinski definition) is 4. The van der Waals surface area contributed by atoms with Crippen molar-refractivity contribution in [3.8, 4) is 0 Å². The summed E-state index contributed by atoms with van der Waals surface area (Å²) in [6.45, 7) is 6.57. The predicted octanol–water partition coefficient (Wildman–Crippen LogP) is 2.35. The van der Waals surface area contributed by atoms with Crippen molar-refractivity contribution in [1.82, 2.24) is 0 Å². The van der Waals surface area contributed by atoms with Gasteiger partial charge in [0.1, 0.15) is 0 Å². The Morgan fingerprint density at radius 1 is 1.44 bits per heavy atom. The largest absolute Gasteiger partial charge is 2.00 e. The van der Waals surface area contributed by atoms with Crippen molar-refractivity contribution in [3.05, 3.63) is 0 Å². The van der Waals surface area contributed by atoms with E-state index in [2.05, 4.69) is 20.8 Å². The maximum atomic E-state index is 11.5. The molecule has 0 spiro atoms. The average Bonchev–Trinajstić information content (AvgIpc) is 2.42. The topological polar surface area (TPSA) is 32.3 Å². The molecule has 88 valence electrons. The van der Waals surface area contributed by atoms with Gasteiger partial charge in [0, 0.05) is 0 Å². The monoisotopic (exact) mass is 328 g/mol. The van der Waals surface area contributed by atoms with Gasteiger partial charge in [-0.15, -0.1) is 17.5 Å². The van der Waals surface area contributed by atoms with Crippen molar-refractivity contribution in [2.75, 3.05) is 0 Å². The Bertz CT molecular complexity index is 331. The second-order valence-corrected chi connectivity index (χ2v) is 10.2.